The van der Waals surface area contributed by atoms with E-state index in [0.29, 0.717) is 0 Å². The lowest BCUT2D eigenvalue weighted by Gasteiger charge is -2.11. The third-order valence-corrected chi connectivity index (χ3v) is 4.13. The van der Waals surface area contributed by atoms with Crippen molar-refractivity contribution in [2.75, 3.05) is 13.6 Å². The van der Waals surface area contributed by atoms with Gasteiger partial charge in [-0.2, -0.15) is 5.10 Å². The molecule has 21 heavy (non-hydrogen) atoms. The standard InChI is InChI=1S/C14H22N6S/c1-11-13(21-12(2)19-11)10-17-14(15-3)16-6-4-8-20-9-5-7-18-20/h5,7,9H,4,6,8,10H2,1-3H3,(H2,15,16,17). The zero-order valence-corrected chi connectivity index (χ0v) is 13.6. The number of aryl methyl sites for hydroxylation is 3. The first-order chi connectivity index (χ1) is 10.2. The maximum atomic E-state index is 4.43. The Labute approximate surface area is 129 Å². The minimum atomic E-state index is 0.760. The van der Waals surface area contributed by atoms with Gasteiger partial charge in [-0.05, 0) is 26.3 Å². The van der Waals surface area contributed by atoms with Crippen molar-refractivity contribution in [3.8, 4) is 0 Å². The summed E-state index contributed by atoms with van der Waals surface area (Å²) in [7, 11) is 1.79. The van der Waals surface area contributed by atoms with Crippen molar-refractivity contribution in [3.63, 3.8) is 0 Å². The van der Waals surface area contributed by atoms with Gasteiger partial charge in [-0.25, -0.2) is 4.98 Å². The minimum absolute atomic E-state index is 0.760. The second kappa shape index (κ2) is 7.78. The highest BCUT2D eigenvalue weighted by atomic mass is 32.1. The molecule has 0 bridgehead atoms. The smallest absolute Gasteiger partial charge is 0.191 e. The van der Waals surface area contributed by atoms with Gasteiger partial charge in [0, 0.05) is 37.4 Å². The van der Waals surface area contributed by atoms with E-state index >= 15 is 0 Å². The highest BCUT2D eigenvalue weighted by Crippen LogP contribution is 2.16. The topological polar surface area (TPSA) is 67.1 Å². The Balaban J connectivity index is 1.69. The Morgan fingerprint density at radius 1 is 1.38 bits per heavy atom. The Hall–Kier alpha value is -1.89. The van der Waals surface area contributed by atoms with Crippen LogP contribution >= 0.6 is 11.3 Å². The number of guanidine groups is 1. The number of nitrogens with one attached hydrogen (secondary N) is 2. The van der Waals surface area contributed by atoms with Crippen LogP contribution in [0.2, 0.25) is 0 Å². The zero-order chi connectivity index (χ0) is 15.1. The van der Waals surface area contributed by atoms with E-state index in [0.717, 1.165) is 42.7 Å². The maximum Gasteiger partial charge on any atom is 0.191 e. The second-order valence-corrected chi connectivity index (χ2v) is 6.00. The molecule has 0 amide bonds. The van der Waals surface area contributed by atoms with Crippen LogP contribution in [0.5, 0.6) is 0 Å². The molecule has 0 spiro atoms. The summed E-state index contributed by atoms with van der Waals surface area (Å²) >= 11 is 1.73. The summed E-state index contributed by atoms with van der Waals surface area (Å²) in [6.07, 6.45) is 4.77. The summed E-state index contributed by atoms with van der Waals surface area (Å²) in [5.74, 6) is 0.820. The summed E-state index contributed by atoms with van der Waals surface area (Å²) in [4.78, 5) is 9.91. The molecule has 2 aromatic heterocycles. The SMILES string of the molecule is CN=C(NCCCn1cccn1)NCc1sc(C)nc1C. The van der Waals surface area contributed by atoms with Gasteiger partial charge < -0.3 is 10.6 Å². The summed E-state index contributed by atoms with van der Waals surface area (Å²) in [6.45, 7) is 6.60. The van der Waals surface area contributed by atoms with Crippen molar-refractivity contribution >= 4 is 17.3 Å². The monoisotopic (exact) mass is 306 g/mol. The molecule has 0 saturated heterocycles. The first-order valence-electron chi connectivity index (χ1n) is 7.04. The van der Waals surface area contributed by atoms with E-state index in [1.54, 1.807) is 24.6 Å². The van der Waals surface area contributed by atoms with Gasteiger partial charge in [0.2, 0.25) is 0 Å². The molecule has 0 aliphatic rings. The molecule has 0 fully saturated rings. The molecule has 2 aromatic rings. The van der Waals surface area contributed by atoms with Gasteiger partial charge in [-0.3, -0.25) is 9.67 Å². The number of hydrogen-bond donors (Lipinski definition) is 2. The number of hydrogen-bond acceptors (Lipinski definition) is 4. The molecule has 114 valence electrons. The summed E-state index contributed by atoms with van der Waals surface area (Å²) in [6, 6.07) is 1.94. The molecule has 2 rings (SSSR count). The van der Waals surface area contributed by atoms with Crippen molar-refractivity contribution in [2.45, 2.75) is 33.4 Å². The van der Waals surface area contributed by atoms with E-state index < -0.39 is 0 Å². The lowest BCUT2D eigenvalue weighted by atomic mass is 10.4. The predicted octanol–water partition coefficient (Wildman–Crippen LogP) is 1.71. The quantitative estimate of drug-likeness (QED) is 0.484. The van der Waals surface area contributed by atoms with Crippen LogP contribution in [-0.2, 0) is 13.1 Å². The normalized spacial score (nSPS) is 11.7. The maximum absolute atomic E-state index is 4.43. The van der Waals surface area contributed by atoms with Crippen molar-refractivity contribution in [2.24, 2.45) is 4.99 Å². The van der Waals surface area contributed by atoms with E-state index in [1.165, 1.54) is 4.88 Å². The van der Waals surface area contributed by atoms with Gasteiger partial charge in [0.05, 0.1) is 17.2 Å². The van der Waals surface area contributed by atoms with Crippen LogP contribution in [0.25, 0.3) is 0 Å². The minimum Gasteiger partial charge on any atom is -0.356 e. The van der Waals surface area contributed by atoms with E-state index in [9.17, 15) is 0 Å². The lowest BCUT2D eigenvalue weighted by Crippen LogP contribution is -2.37. The first-order valence-corrected chi connectivity index (χ1v) is 7.85. The van der Waals surface area contributed by atoms with E-state index in [1.807, 2.05) is 30.8 Å². The van der Waals surface area contributed by atoms with Gasteiger partial charge in [-0.1, -0.05) is 0 Å². The second-order valence-electron chi connectivity index (χ2n) is 4.72. The van der Waals surface area contributed by atoms with Crippen LogP contribution in [0.15, 0.2) is 23.5 Å². The molecule has 0 aromatic carbocycles. The van der Waals surface area contributed by atoms with Crippen molar-refractivity contribution in [1.82, 2.24) is 25.4 Å². The first kappa shape index (κ1) is 15.5. The van der Waals surface area contributed by atoms with E-state index in [-0.39, 0.29) is 0 Å². The number of aromatic nitrogens is 3. The van der Waals surface area contributed by atoms with Crippen LogP contribution < -0.4 is 10.6 Å². The Morgan fingerprint density at radius 2 is 2.24 bits per heavy atom. The van der Waals surface area contributed by atoms with Crippen LogP contribution in [0.4, 0.5) is 0 Å². The molecular formula is C14H22N6S. The fourth-order valence-electron chi connectivity index (χ4n) is 2.00. The summed E-state index contributed by atoms with van der Waals surface area (Å²) in [5.41, 5.74) is 1.10. The van der Waals surface area contributed by atoms with E-state index in [4.69, 9.17) is 0 Å². The Bertz CT molecular complexity index is 572. The lowest BCUT2D eigenvalue weighted by molar-refractivity contribution is 0.570. The Kier molecular flexibility index (Phi) is 5.74. The molecule has 2 heterocycles. The summed E-state index contributed by atoms with van der Waals surface area (Å²) in [5, 5.41) is 11.9. The molecular weight excluding hydrogens is 284 g/mol. The molecule has 2 N–H and O–H groups in total. The number of thiazole rings is 1. The third-order valence-electron chi connectivity index (χ3n) is 3.06. The molecule has 6 nitrogen and oxygen atoms in total. The van der Waals surface area contributed by atoms with Crippen molar-refractivity contribution in [3.05, 3.63) is 34.0 Å². The predicted molar refractivity (Wildman–Crippen MR) is 86.6 cm³/mol. The van der Waals surface area contributed by atoms with Crippen LogP contribution in [-0.4, -0.2) is 34.3 Å². The molecule has 0 unspecified atom stereocenters. The summed E-state index contributed by atoms with van der Waals surface area (Å²) < 4.78 is 1.93. The third kappa shape index (κ3) is 4.86. The van der Waals surface area contributed by atoms with Gasteiger partial charge >= 0.3 is 0 Å². The Morgan fingerprint density at radius 3 is 2.86 bits per heavy atom. The molecule has 0 aliphatic heterocycles. The van der Waals surface area contributed by atoms with Gasteiger partial charge in [0.25, 0.3) is 0 Å². The van der Waals surface area contributed by atoms with Gasteiger partial charge in [0.15, 0.2) is 5.96 Å². The number of aliphatic imine (C=N–C) groups is 1. The van der Waals surface area contributed by atoms with Gasteiger partial charge in [-0.15, -0.1) is 11.3 Å². The highest BCUT2D eigenvalue weighted by Gasteiger charge is 2.05. The molecule has 7 heteroatoms. The van der Waals surface area contributed by atoms with Crippen LogP contribution in [0.3, 0.4) is 0 Å². The highest BCUT2D eigenvalue weighted by molar-refractivity contribution is 7.11. The number of nitrogens with zero attached hydrogens (tertiary/aromatic N) is 4. The van der Waals surface area contributed by atoms with E-state index in [2.05, 4.69) is 25.7 Å². The fourth-order valence-corrected chi connectivity index (χ4v) is 2.88. The van der Waals surface area contributed by atoms with Crippen LogP contribution in [0.1, 0.15) is 22.0 Å². The average Bonchev–Trinajstić information content (AvgIpc) is 3.08. The zero-order valence-electron chi connectivity index (χ0n) is 12.8. The average molecular weight is 306 g/mol. The van der Waals surface area contributed by atoms with Gasteiger partial charge in [0.1, 0.15) is 0 Å². The fraction of sp³-hybridized carbons (Fsp3) is 0.500. The molecule has 0 radical (unpaired) electrons. The largest absolute Gasteiger partial charge is 0.356 e. The molecule has 0 aliphatic carbocycles. The number of rotatable bonds is 6. The van der Waals surface area contributed by atoms with Crippen molar-refractivity contribution in [1.29, 1.82) is 0 Å². The van der Waals surface area contributed by atoms with Crippen LogP contribution in [0, 0.1) is 13.8 Å². The molecule has 0 saturated carbocycles. The molecule has 0 atom stereocenters. The van der Waals surface area contributed by atoms with Crippen molar-refractivity contribution < 1.29 is 0 Å².